The Morgan fingerprint density at radius 2 is 1.79 bits per heavy atom. The molecule has 2 rings (SSSR count). The van der Waals surface area contributed by atoms with Gasteiger partial charge in [-0.15, -0.1) is 0 Å². The number of imide groups is 2. The van der Waals surface area contributed by atoms with Gasteiger partial charge in [-0.1, -0.05) is 31.5 Å². The Hall–Kier alpha value is -1.99. The van der Waals surface area contributed by atoms with Crippen LogP contribution in [0.3, 0.4) is 0 Å². The third kappa shape index (κ3) is 3.73. The second-order valence-corrected chi connectivity index (χ2v) is 6.59. The number of carbonyl (C=O) groups is 3. The molecule has 1 aromatic rings. The summed E-state index contributed by atoms with van der Waals surface area (Å²) >= 11 is 5.97. The van der Waals surface area contributed by atoms with Crippen molar-refractivity contribution in [2.75, 3.05) is 20.3 Å². The third-order valence-corrected chi connectivity index (χ3v) is 3.91. The highest BCUT2D eigenvalue weighted by molar-refractivity contribution is 6.44. The third-order valence-electron chi connectivity index (χ3n) is 3.56. The number of urea groups is 1. The summed E-state index contributed by atoms with van der Waals surface area (Å²) in [4.78, 5) is 39.6. The van der Waals surface area contributed by atoms with Gasteiger partial charge in [0.25, 0.3) is 0 Å². The number of benzene rings is 1. The van der Waals surface area contributed by atoms with Gasteiger partial charge in [0, 0.05) is 23.7 Å². The molecule has 1 heterocycles. The molecular formula is C16H19ClFN3O3. The van der Waals surface area contributed by atoms with Gasteiger partial charge in [-0.25, -0.2) is 14.1 Å². The number of halogens is 2. The van der Waals surface area contributed by atoms with E-state index in [4.69, 9.17) is 11.6 Å². The number of amides is 4. The summed E-state index contributed by atoms with van der Waals surface area (Å²) < 4.78 is 13.8. The first kappa shape index (κ1) is 18.4. The predicted molar refractivity (Wildman–Crippen MR) is 86.5 cm³/mol. The Morgan fingerprint density at radius 1 is 1.17 bits per heavy atom. The van der Waals surface area contributed by atoms with E-state index in [1.54, 1.807) is 18.0 Å². The molecule has 6 nitrogen and oxygen atoms in total. The maximum Gasteiger partial charge on any atom is 0.335 e. The molecule has 8 heteroatoms. The fourth-order valence-electron chi connectivity index (χ4n) is 2.45. The highest BCUT2D eigenvalue weighted by Crippen LogP contribution is 2.21. The summed E-state index contributed by atoms with van der Waals surface area (Å²) in [6, 6.07) is 3.70. The summed E-state index contributed by atoms with van der Waals surface area (Å²) in [7, 11) is 1.61. The number of rotatable bonds is 6. The molecule has 1 aromatic carbocycles. The van der Waals surface area contributed by atoms with E-state index in [1.807, 2.05) is 13.8 Å². The van der Waals surface area contributed by atoms with E-state index < -0.39 is 23.7 Å². The van der Waals surface area contributed by atoms with E-state index in [0.717, 1.165) is 9.80 Å². The van der Waals surface area contributed by atoms with Crippen molar-refractivity contribution in [3.63, 3.8) is 0 Å². The van der Waals surface area contributed by atoms with E-state index in [9.17, 15) is 18.8 Å². The molecule has 0 aromatic heterocycles. The van der Waals surface area contributed by atoms with Crippen LogP contribution in [0.2, 0.25) is 5.02 Å². The van der Waals surface area contributed by atoms with Gasteiger partial charge in [-0.05, 0) is 25.1 Å². The number of hydrogen-bond acceptors (Lipinski definition) is 4. The average molecular weight is 356 g/mol. The van der Waals surface area contributed by atoms with Crippen LogP contribution >= 0.6 is 11.6 Å². The van der Waals surface area contributed by atoms with Crippen molar-refractivity contribution in [1.82, 2.24) is 14.7 Å². The van der Waals surface area contributed by atoms with Crippen LogP contribution in [-0.2, 0) is 16.1 Å². The van der Waals surface area contributed by atoms with Crippen LogP contribution in [0.4, 0.5) is 9.18 Å². The Morgan fingerprint density at radius 3 is 2.38 bits per heavy atom. The molecule has 0 atom stereocenters. The fourth-order valence-corrected chi connectivity index (χ4v) is 2.67. The molecule has 4 amide bonds. The molecule has 0 radical (unpaired) electrons. The maximum atomic E-state index is 13.8. The van der Waals surface area contributed by atoms with Gasteiger partial charge in [-0.2, -0.15) is 0 Å². The smallest absolute Gasteiger partial charge is 0.284 e. The molecule has 0 bridgehead atoms. The molecular weight excluding hydrogens is 337 g/mol. The monoisotopic (exact) mass is 355 g/mol. The lowest BCUT2D eigenvalue weighted by atomic mass is 10.2. The first-order valence-corrected chi connectivity index (χ1v) is 7.89. The number of hydrogen-bond donors (Lipinski definition) is 0. The quantitative estimate of drug-likeness (QED) is 0.580. The van der Waals surface area contributed by atoms with Gasteiger partial charge in [0.15, 0.2) is 0 Å². The first-order chi connectivity index (χ1) is 11.2. The zero-order valence-corrected chi connectivity index (χ0v) is 14.5. The van der Waals surface area contributed by atoms with Crippen LogP contribution in [0.5, 0.6) is 0 Å². The number of carbonyl (C=O) groups excluding carboxylic acids is 3. The minimum Gasteiger partial charge on any atom is -0.284 e. The molecule has 0 unspecified atom stereocenters. The molecule has 1 saturated heterocycles. The molecule has 0 spiro atoms. The fraction of sp³-hybridized carbons (Fsp3) is 0.438. The minimum absolute atomic E-state index is 0.0561. The summed E-state index contributed by atoms with van der Waals surface area (Å²) in [5.74, 6) is -2.11. The van der Waals surface area contributed by atoms with Gasteiger partial charge in [0.1, 0.15) is 5.82 Å². The lowest BCUT2D eigenvalue weighted by Gasteiger charge is -2.23. The molecule has 0 saturated carbocycles. The normalized spacial score (nSPS) is 15.4. The average Bonchev–Trinajstić information content (AvgIpc) is 2.68. The van der Waals surface area contributed by atoms with Crippen LogP contribution in [-0.4, -0.2) is 52.8 Å². The molecule has 0 N–H and O–H groups in total. The van der Waals surface area contributed by atoms with Crippen molar-refractivity contribution < 1.29 is 18.8 Å². The van der Waals surface area contributed by atoms with Crippen LogP contribution in [0.1, 0.15) is 19.4 Å². The van der Waals surface area contributed by atoms with Gasteiger partial charge in [0.2, 0.25) is 0 Å². The zero-order valence-electron chi connectivity index (χ0n) is 13.8. The number of nitrogens with zero attached hydrogens (tertiary/aromatic N) is 3. The summed E-state index contributed by atoms with van der Waals surface area (Å²) in [6.45, 7) is 3.85. The van der Waals surface area contributed by atoms with Crippen molar-refractivity contribution in [3.8, 4) is 0 Å². The van der Waals surface area contributed by atoms with Crippen molar-refractivity contribution in [1.29, 1.82) is 0 Å². The molecule has 1 aliphatic rings. The SMILES string of the molecule is CC(C)CN1C(=O)C(=O)N(CN(C)Cc2c(F)cccc2Cl)C1=O. The summed E-state index contributed by atoms with van der Waals surface area (Å²) in [5, 5.41) is 0.262. The Labute approximate surface area is 144 Å². The van der Waals surface area contributed by atoms with E-state index in [-0.39, 0.29) is 36.3 Å². The summed E-state index contributed by atoms with van der Waals surface area (Å²) in [5.41, 5.74) is 0.270. The second kappa shape index (κ2) is 7.27. The lowest BCUT2D eigenvalue weighted by molar-refractivity contribution is -0.144. The highest BCUT2D eigenvalue weighted by Gasteiger charge is 2.44. The Kier molecular flexibility index (Phi) is 5.56. The first-order valence-electron chi connectivity index (χ1n) is 7.51. The van der Waals surface area contributed by atoms with Gasteiger partial charge >= 0.3 is 17.8 Å². The molecule has 1 fully saturated rings. The van der Waals surface area contributed by atoms with Gasteiger partial charge in [-0.3, -0.25) is 19.4 Å². The minimum atomic E-state index is -0.868. The summed E-state index contributed by atoms with van der Waals surface area (Å²) in [6.07, 6.45) is 0. The van der Waals surface area contributed by atoms with Crippen LogP contribution < -0.4 is 0 Å². The van der Waals surface area contributed by atoms with Crippen molar-refractivity contribution in [3.05, 3.63) is 34.6 Å². The second-order valence-electron chi connectivity index (χ2n) is 6.18. The standard InChI is InChI=1S/C16H19ClFN3O3/c1-10(2)7-20-14(22)15(23)21(16(20)24)9-19(3)8-11-12(17)5-4-6-13(11)18/h4-6,10H,7-9H2,1-3H3. The topological polar surface area (TPSA) is 60.9 Å². The highest BCUT2D eigenvalue weighted by atomic mass is 35.5. The van der Waals surface area contributed by atoms with Crippen molar-refractivity contribution in [2.45, 2.75) is 20.4 Å². The Balaban J connectivity index is 2.08. The van der Waals surface area contributed by atoms with Crippen LogP contribution in [0.15, 0.2) is 18.2 Å². The predicted octanol–water partition coefficient (Wildman–Crippen LogP) is 2.32. The zero-order chi connectivity index (χ0) is 18.0. The van der Waals surface area contributed by atoms with E-state index >= 15 is 0 Å². The van der Waals surface area contributed by atoms with E-state index in [1.165, 1.54) is 12.1 Å². The lowest BCUT2D eigenvalue weighted by Crippen LogP contribution is -2.41. The maximum absolute atomic E-state index is 13.8. The van der Waals surface area contributed by atoms with Crippen molar-refractivity contribution >= 4 is 29.4 Å². The van der Waals surface area contributed by atoms with E-state index in [0.29, 0.717) is 0 Å². The molecule has 1 aliphatic heterocycles. The van der Waals surface area contributed by atoms with Gasteiger partial charge in [0.05, 0.1) is 6.67 Å². The molecule has 130 valence electrons. The Bertz CT molecular complexity index is 660. The van der Waals surface area contributed by atoms with E-state index in [2.05, 4.69) is 0 Å². The largest absolute Gasteiger partial charge is 0.335 e. The van der Waals surface area contributed by atoms with Gasteiger partial charge < -0.3 is 0 Å². The molecule has 24 heavy (non-hydrogen) atoms. The molecule has 0 aliphatic carbocycles. The van der Waals surface area contributed by atoms with Crippen molar-refractivity contribution in [2.24, 2.45) is 5.92 Å². The van der Waals surface area contributed by atoms with Crippen LogP contribution in [0.25, 0.3) is 0 Å². The van der Waals surface area contributed by atoms with Crippen LogP contribution in [0, 0.1) is 11.7 Å².